The van der Waals surface area contributed by atoms with Crippen molar-refractivity contribution < 1.29 is 19.3 Å². The van der Waals surface area contributed by atoms with Crippen LogP contribution in [0.4, 0.5) is 4.39 Å². The van der Waals surface area contributed by atoms with Gasteiger partial charge in [-0.25, -0.2) is 4.39 Å². The smallest absolute Gasteiger partial charge is 0.195 e. The summed E-state index contributed by atoms with van der Waals surface area (Å²) in [5.74, 6) is -2.69. The molecule has 1 aliphatic heterocycles. The number of halogens is 1. The van der Waals surface area contributed by atoms with Gasteiger partial charge in [-0.05, 0) is 25.0 Å². The summed E-state index contributed by atoms with van der Waals surface area (Å²) in [5, 5.41) is 20.1. The van der Waals surface area contributed by atoms with Crippen LogP contribution in [0.25, 0.3) is 0 Å². The molecule has 1 aliphatic rings. The third kappa shape index (κ3) is 2.03. The third-order valence-corrected chi connectivity index (χ3v) is 3.22. The topological polar surface area (TPSA) is 49.7 Å². The second-order valence-electron chi connectivity index (χ2n) is 4.73. The van der Waals surface area contributed by atoms with Crippen LogP contribution in [0.2, 0.25) is 0 Å². The number of rotatable bonds is 2. The van der Waals surface area contributed by atoms with Crippen LogP contribution in [0, 0.1) is 11.7 Å². The van der Waals surface area contributed by atoms with Gasteiger partial charge in [-0.1, -0.05) is 13.8 Å². The van der Waals surface area contributed by atoms with E-state index in [0.29, 0.717) is 24.3 Å². The van der Waals surface area contributed by atoms with Gasteiger partial charge in [0.25, 0.3) is 0 Å². The Labute approximate surface area is 99.8 Å². The molecule has 0 bridgehead atoms. The van der Waals surface area contributed by atoms with Crippen LogP contribution < -0.4 is 4.74 Å². The van der Waals surface area contributed by atoms with Crippen LogP contribution in [0.15, 0.2) is 12.1 Å². The molecule has 0 spiro atoms. The first-order valence-electron chi connectivity index (χ1n) is 5.84. The lowest BCUT2D eigenvalue weighted by Gasteiger charge is -2.31. The maximum absolute atomic E-state index is 13.9. The Morgan fingerprint density at radius 2 is 2.06 bits per heavy atom. The zero-order chi connectivity index (χ0) is 12.6. The molecule has 1 heterocycles. The van der Waals surface area contributed by atoms with Crippen molar-refractivity contribution in [2.24, 2.45) is 5.92 Å². The highest BCUT2D eigenvalue weighted by Gasteiger charge is 2.37. The van der Waals surface area contributed by atoms with Crippen LogP contribution in [0.5, 0.6) is 5.75 Å². The van der Waals surface area contributed by atoms with Gasteiger partial charge in [-0.15, -0.1) is 0 Å². The van der Waals surface area contributed by atoms with Crippen LogP contribution in [-0.4, -0.2) is 16.8 Å². The van der Waals surface area contributed by atoms with E-state index in [-0.39, 0.29) is 5.56 Å². The Morgan fingerprint density at radius 3 is 2.71 bits per heavy atom. The summed E-state index contributed by atoms with van der Waals surface area (Å²) in [6.07, 6.45) is 1.37. The van der Waals surface area contributed by atoms with Crippen LogP contribution in [0.1, 0.15) is 31.4 Å². The molecule has 0 saturated carbocycles. The van der Waals surface area contributed by atoms with Gasteiger partial charge in [0.2, 0.25) is 0 Å². The standard InChI is InChI=1S/C13H17FO3/c1-8(2)13(15,16)12-9-4-3-7-17-11(9)6-5-10(12)14/h5-6,8,15-16H,3-4,7H2,1-2H3. The van der Waals surface area contributed by atoms with Crippen molar-refractivity contribution in [3.05, 3.63) is 29.1 Å². The molecule has 2 rings (SSSR count). The summed E-state index contributed by atoms with van der Waals surface area (Å²) in [6.45, 7) is 3.87. The quantitative estimate of drug-likeness (QED) is 0.777. The molecule has 0 aromatic heterocycles. The molecule has 0 atom stereocenters. The number of hydrogen-bond acceptors (Lipinski definition) is 3. The summed E-state index contributed by atoms with van der Waals surface area (Å²) >= 11 is 0. The zero-order valence-corrected chi connectivity index (χ0v) is 10.0. The predicted molar refractivity (Wildman–Crippen MR) is 61.2 cm³/mol. The largest absolute Gasteiger partial charge is 0.493 e. The molecule has 1 aromatic carbocycles. The predicted octanol–water partition coefficient (Wildman–Crippen LogP) is 1.94. The van der Waals surface area contributed by atoms with Crippen molar-refractivity contribution in [3.63, 3.8) is 0 Å². The maximum Gasteiger partial charge on any atom is 0.195 e. The summed E-state index contributed by atoms with van der Waals surface area (Å²) in [5.41, 5.74) is 0.541. The monoisotopic (exact) mass is 240 g/mol. The summed E-state index contributed by atoms with van der Waals surface area (Å²) in [6, 6.07) is 2.77. The average Bonchev–Trinajstić information content (AvgIpc) is 2.28. The first kappa shape index (κ1) is 12.3. The molecule has 3 nitrogen and oxygen atoms in total. The summed E-state index contributed by atoms with van der Waals surface area (Å²) < 4.78 is 19.3. The zero-order valence-electron chi connectivity index (χ0n) is 10.0. The average molecular weight is 240 g/mol. The molecule has 4 heteroatoms. The second-order valence-corrected chi connectivity index (χ2v) is 4.73. The molecule has 2 N–H and O–H groups in total. The fraction of sp³-hybridized carbons (Fsp3) is 0.538. The molecule has 0 fully saturated rings. The van der Waals surface area contributed by atoms with Crippen molar-refractivity contribution >= 4 is 0 Å². The minimum absolute atomic E-state index is 0.0373. The van der Waals surface area contributed by atoms with E-state index < -0.39 is 17.5 Å². The molecular weight excluding hydrogens is 223 g/mol. The van der Waals surface area contributed by atoms with Crippen molar-refractivity contribution in [1.29, 1.82) is 0 Å². The highest BCUT2D eigenvalue weighted by atomic mass is 19.1. The number of hydrogen-bond donors (Lipinski definition) is 2. The lowest BCUT2D eigenvalue weighted by Crippen LogP contribution is -2.34. The van der Waals surface area contributed by atoms with E-state index >= 15 is 0 Å². The van der Waals surface area contributed by atoms with Gasteiger partial charge >= 0.3 is 0 Å². The van der Waals surface area contributed by atoms with E-state index in [2.05, 4.69) is 0 Å². The van der Waals surface area contributed by atoms with E-state index in [4.69, 9.17) is 4.74 Å². The molecule has 1 aromatic rings. The van der Waals surface area contributed by atoms with Crippen LogP contribution in [-0.2, 0) is 12.2 Å². The van der Waals surface area contributed by atoms with Crippen molar-refractivity contribution in [2.75, 3.05) is 6.61 Å². The van der Waals surface area contributed by atoms with Gasteiger partial charge in [0.05, 0.1) is 12.2 Å². The van der Waals surface area contributed by atoms with Crippen LogP contribution >= 0.6 is 0 Å². The fourth-order valence-electron chi connectivity index (χ4n) is 2.10. The minimum Gasteiger partial charge on any atom is -0.493 e. The van der Waals surface area contributed by atoms with Crippen LogP contribution in [0.3, 0.4) is 0 Å². The first-order chi connectivity index (χ1) is 7.94. The highest BCUT2D eigenvalue weighted by molar-refractivity contribution is 5.44. The summed E-state index contributed by atoms with van der Waals surface area (Å²) in [7, 11) is 0. The third-order valence-electron chi connectivity index (χ3n) is 3.22. The molecule has 0 aliphatic carbocycles. The Bertz CT molecular complexity index is 427. The van der Waals surface area contributed by atoms with Gasteiger partial charge in [-0.3, -0.25) is 0 Å². The molecule has 0 unspecified atom stereocenters. The van der Waals surface area contributed by atoms with Gasteiger partial charge in [0, 0.05) is 11.5 Å². The Kier molecular flexibility index (Phi) is 3.10. The molecule has 0 saturated heterocycles. The van der Waals surface area contributed by atoms with Crippen molar-refractivity contribution in [2.45, 2.75) is 32.5 Å². The normalized spacial score (nSPS) is 15.6. The molecular formula is C13H17FO3. The molecule has 0 amide bonds. The summed E-state index contributed by atoms with van der Waals surface area (Å²) in [4.78, 5) is 0. The van der Waals surface area contributed by atoms with Gasteiger partial charge in [0.15, 0.2) is 5.79 Å². The first-order valence-corrected chi connectivity index (χ1v) is 5.84. The number of ether oxygens (including phenoxy) is 1. The SMILES string of the molecule is CC(C)C(O)(O)c1c(F)ccc2c1CCCO2. The van der Waals surface area contributed by atoms with Gasteiger partial charge in [0.1, 0.15) is 11.6 Å². The van der Waals surface area contributed by atoms with Gasteiger partial charge in [-0.2, -0.15) is 0 Å². The Balaban J connectivity index is 2.59. The van der Waals surface area contributed by atoms with E-state index in [0.717, 1.165) is 6.42 Å². The lowest BCUT2D eigenvalue weighted by molar-refractivity contribution is -0.204. The lowest BCUT2D eigenvalue weighted by atomic mass is 9.88. The maximum atomic E-state index is 13.9. The number of fused-ring (bicyclic) bond motifs is 1. The number of aliphatic hydroxyl groups is 2. The van der Waals surface area contributed by atoms with Crippen molar-refractivity contribution in [3.8, 4) is 5.75 Å². The highest BCUT2D eigenvalue weighted by Crippen LogP contribution is 2.38. The Hall–Kier alpha value is -1.13. The minimum atomic E-state index is -2.16. The van der Waals surface area contributed by atoms with E-state index in [1.165, 1.54) is 6.07 Å². The van der Waals surface area contributed by atoms with E-state index in [9.17, 15) is 14.6 Å². The van der Waals surface area contributed by atoms with E-state index in [1.807, 2.05) is 0 Å². The Morgan fingerprint density at radius 1 is 1.35 bits per heavy atom. The van der Waals surface area contributed by atoms with Crippen molar-refractivity contribution in [1.82, 2.24) is 0 Å². The van der Waals surface area contributed by atoms with Gasteiger partial charge < -0.3 is 14.9 Å². The number of benzene rings is 1. The molecule has 0 radical (unpaired) electrons. The molecule has 17 heavy (non-hydrogen) atoms. The molecule has 94 valence electrons. The van der Waals surface area contributed by atoms with E-state index in [1.54, 1.807) is 19.9 Å². The fourth-order valence-corrected chi connectivity index (χ4v) is 2.10. The second kappa shape index (κ2) is 4.27.